The van der Waals surface area contributed by atoms with E-state index in [1.54, 1.807) is 12.1 Å². The molecule has 1 aliphatic heterocycles. The SMILES string of the molecule is CN(C)C1CCN(Cc2ccc(B(O)O)cc2)CC1. The fourth-order valence-corrected chi connectivity index (χ4v) is 2.65. The van der Waals surface area contributed by atoms with Crippen molar-refractivity contribution < 1.29 is 10.0 Å². The second-order valence-corrected chi connectivity index (χ2v) is 5.59. The summed E-state index contributed by atoms with van der Waals surface area (Å²) in [5, 5.41) is 18.1. The second kappa shape index (κ2) is 6.52. The molecule has 1 fully saturated rings. The highest BCUT2D eigenvalue weighted by Gasteiger charge is 2.20. The molecular weight excluding hydrogens is 239 g/mol. The predicted octanol–water partition coefficient (Wildman–Crippen LogP) is -0.108. The summed E-state index contributed by atoms with van der Waals surface area (Å²) in [5.41, 5.74) is 1.78. The minimum atomic E-state index is -1.37. The van der Waals surface area contributed by atoms with Crippen LogP contribution in [0.25, 0.3) is 0 Å². The van der Waals surface area contributed by atoms with Gasteiger partial charge in [-0.3, -0.25) is 4.90 Å². The number of likely N-dealkylation sites (tertiary alicyclic amines) is 1. The lowest BCUT2D eigenvalue weighted by Crippen LogP contribution is -2.41. The summed E-state index contributed by atoms with van der Waals surface area (Å²) in [6, 6.07) is 8.24. The number of hydrogen-bond donors (Lipinski definition) is 2. The van der Waals surface area contributed by atoms with Crippen LogP contribution >= 0.6 is 0 Å². The first-order valence-electron chi connectivity index (χ1n) is 6.90. The Hall–Kier alpha value is -0.875. The van der Waals surface area contributed by atoms with Crippen molar-refractivity contribution in [3.8, 4) is 0 Å². The van der Waals surface area contributed by atoms with Crippen molar-refractivity contribution in [1.29, 1.82) is 0 Å². The third kappa shape index (κ3) is 4.04. The highest BCUT2D eigenvalue weighted by atomic mass is 16.4. The molecule has 1 aromatic rings. The fourth-order valence-electron chi connectivity index (χ4n) is 2.65. The van der Waals surface area contributed by atoms with Gasteiger partial charge in [-0.25, -0.2) is 0 Å². The maximum atomic E-state index is 9.06. The largest absolute Gasteiger partial charge is 0.488 e. The maximum Gasteiger partial charge on any atom is 0.488 e. The Morgan fingerprint density at radius 2 is 1.74 bits per heavy atom. The average molecular weight is 262 g/mol. The Bertz CT molecular complexity index is 387. The van der Waals surface area contributed by atoms with Crippen molar-refractivity contribution >= 4 is 12.6 Å². The van der Waals surface area contributed by atoms with Gasteiger partial charge >= 0.3 is 7.12 Å². The molecule has 0 aromatic heterocycles. The van der Waals surface area contributed by atoms with Crippen LogP contribution in [-0.2, 0) is 6.54 Å². The van der Waals surface area contributed by atoms with E-state index in [1.807, 2.05) is 12.1 Å². The van der Waals surface area contributed by atoms with E-state index in [1.165, 1.54) is 18.4 Å². The molecule has 0 spiro atoms. The molecular formula is C14H23BN2O2. The Morgan fingerprint density at radius 3 is 2.21 bits per heavy atom. The molecule has 0 aliphatic carbocycles. The third-order valence-corrected chi connectivity index (χ3v) is 3.97. The molecule has 1 aromatic carbocycles. The van der Waals surface area contributed by atoms with Gasteiger partial charge in [0.25, 0.3) is 0 Å². The van der Waals surface area contributed by atoms with Crippen molar-refractivity contribution in [3.05, 3.63) is 29.8 Å². The van der Waals surface area contributed by atoms with E-state index in [0.29, 0.717) is 11.5 Å². The Kier molecular flexibility index (Phi) is 4.99. The van der Waals surface area contributed by atoms with Gasteiger partial charge in [0.2, 0.25) is 0 Å². The molecule has 0 radical (unpaired) electrons. The topological polar surface area (TPSA) is 46.9 Å². The molecule has 1 saturated heterocycles. The van der Waals surface area contributed by atoms with Crippen LogP contribution in [0.1, 0.15) is 18.4 Å². The number of hydrogen-bond acceptors (Lipinski definition) is 4. The predicted molar refractivity (Wildman–Crippen MR) is 78.3 cm³/mol. The van der Waals surface area contributed by atoms with Crippen molar-refractivity contribution in [3.63, 3.8) is 0 Å². The van der Waals surface area contributed by atoms with E-state index < -0.39 is 7.12 Å². The van der Waals surface area contributed by atoms with E-state index in [4.69, 9.17) is 10.0 Å². The lowest BCUT2D eigenvalue weighted by Gasteiger charge is -2.35. The first-order chi connectivity index (χ1) is 9.06. The molecule has 1 aliphatic rings. The van der Waals surface area contributed by atoms with Crippen LogP contribution in [0.15, 0.2) is 24.3 Å². The van der Waals surface area contributed by atoms with E-state index in [9.17, 15) is 0 Å². The minimum Gasteiger partial charge on any atom is -0.423 e. The molecule has 0 atom stereocenters. The summed E-state index contributed by atoms with van der Waals surface area (Å²) in [7, 11) is 2.93. The zero-order chi connectivity index (χ0) is 13.8. The molecule has 5 heteroatoms. The monoisotopic (exact) mass is 262 g/mol. The number of benzene rings is 1. The first-order valence-corrected chi connectivity index (χ1v) is 6.90. The molecule has 2 N–H and O–H groups in total. The summed E-state index contributed by atoms with van der Waals surface area (Å²) < 4.78 is 0. The zero-order valence-corrected chi connectivity index (χ0v) is 11.8. The van der Waals surface area contributed by atoms with Crippen molar-refractivity contribution in [1.82, 2.24) is 9.80 Å². The smallest absolute Gasteiger partial charge is 0.423 e. The second-order valence-electron chi connectivity index (χ2n) is 5.59. The summed E-state index contributed by atoms with van der Waals surface area (Å²) >= 11 is 0. The third-order valence-electron chi connectivity index (χ3n) is 3.97. The van der Waals surface area contributed by atoms with Crippen LogP contribution in [0.3, 0.4) is 0 Å². The molecule has 0 saturated carbocycles. The van der Waals surface area contributed by atoms with Gasteiger partial charge in [0.05, 0.1) is 0 Å². The lowest BCUT2D eigenvalue weighted by molar-refractivity contribution is 0.140. The minimum absolute atomic E-state index is 0.551. The molecule has 0 bridgehead atoms. The summed E-state index contributed by atoms with van der Waals surface area (Å²) in [4.78, 5) is 4.78. The van der Waals surface area contributed by atoms with Crippen LogP contribution < -0.4 is 5.46 Å². The van der Waals surface area contributed by atoms with Gasteiger partial charge in [0.15, 0.2) is 0 Å². The summed E-state index contributed by atoms with van der Waals surface area (Å²) in [5.74, 6) is 0. The van der Waals surface area contributed by atoms with Crippen LogP contribution in [0, 0.1) is 0 Å². The number of rotatable bonds is 4. The molecule has 19 heavy (non-hydrogen) atoms. The zero-order valence-electron chi connectivity index (χ0n) is 11.8. The molecule has 0 unspecified atom stereocenters. The van der Waals surface area contributed by atoms with Crippen LogP contribution in [-0.4, -0.2) is 60.2 Å². The lowest BCUT2D eigenvalue weighted by atomic mass is 9.80. The molecule has 1 heterocycles. The van der Waals surface area contributed by atoms with Gasteiger partial charge in [-0.15, -0.1) is 0 Å². The van der Waals surface area contributed by atoms with E-state index in [2.05, 4.69) is 23.9 Å². The van der Waals surface area contributed by atoms with Crippen molar-refractivity contribution in [2.45, 2.75) is 25.4 Å². The summed E-state index contributed by atoms with van der Waals surface area (Å²) in [6.07, 6.45) is 2.45. The van der Waals surface area contributed by atoms with Gasteiger partial charge in [0.1, 0.15) is 0 Å². The molecule has 4 nitrogen and oxygen atoms in total. The highest BCUT2D eigenvalue weighted by Crippen LogP contribution is 2.16. The quantitative estimate of drug-likeness (QED) is 0.743. The number of piperidine rings is 1. The van der Waals surface area contributed by atoms with Crippen molar-refractivity contribution in [2.24, 2.45) is 0 Å². The van der Waals surface area contributed by atoms with Gasteiger partial charge in [-0.05, 0) is 51.1 Å². The molecule has 104 valence electrons. The molecule has 2 rings (SSSR count). The summed E-state index contributed by atoms with van der Waals surface area (Å²) in [6.45, 7) is 3.21. The fraction of sp³-hybridized carbons (Fsp3) is 0.571. The Balaban J connectivity index is 1.85. The van der Waals surface area contributed by atoms with Crippen LogP contribution in [0.4, 0.5) is 0 Å². The molecule has 0 amide bonds. The van der Waals surface area contributed by atoms with E-state index >= 15 is 0 Å². The van der Waals surface area contributed by atoms with Gasteiger partial charge < -0.3 is 14.9 Å². The maximum absolute atomic E-state index is 9.06. The normalized spacial score (nSPS) is 17.9. The standard InChI is InChI=1S/C14H23BN2O2/c1-16(2)14-7-9-17(10-8-14)11-12-3-5-13(6-4-12)15(18)19/h3-6,14,18-19H,7-11H2,1-2H3. The van der Waals surface area contributed by atoms with E-state index in [-0.39, 0.29) is 0 Å². The van der Waals surface area contributed by atoms with Crippen LogP contribution in [0.5, 0.6) is 0 Å². The van der Waals surface area contributed by atoms with Crippen LogP contribution in [0.2, 0.25) is 0 Å². The number of nitrogens with zero attached hydrogens (tertiary/aromatic N) is 2. The van der Waals surface area contributed by atoms with Gasteiger partial charge in [-0.2, -0.15) is 0 Å². The van der Waals surface area contributed by atoms with E-state index in [0.717, 1.165) is 19.6 Å². The Labute approximate surface area is 115 Å². The van der Waals surface area contributed by atoms with Crippen molar-refractivity contribution in [2.75, 3.05) is 27.2 Å². The first kappa shape index (κ1) is 14.5. The average Bonchev–Trinajstić information content (AvgIpc) is 2.40. The highest BCUT2D eigenvalue weighted by molar-refractivity contribution is 6.58. The van der Waals surface area contributed by atoms with Gasteiger partial charge in [0, 0.05) is 12.6 Å². The Morgan fingerprint density at radius 1 is 1.16 bits per heavy atom. The van der Waals surface area contributed by atoms with Gasteiger partial charge in [-0.1, -0.05) is 24.3 Å².